The van der Waals surface area contributed by atoms with Crippen LogP contribution in [0.25, 0.3) is 0 Å². The normalized spacial score (nSPS) is 10.3. The lowest BCUT2D eigenvalue weighted by atomic mass is 10.2. The first-order valence-corrected chi connectivity index (χ1v) is 5.85. The highest BCUT2D eigenvalue weighted by Crippen LogP contribution is 2.24. The van der Waals surface area contributed by atoms with Gasteiger partial charge in [-0.3, -0.25) is 0 Å². The summed E-state index contributed by atoms with van der Waals surface area (Å²) >= 11 is 3.27. The van der Waals surface area contributed by atoms with Gasteiger partial charge >= 0.3 is 5.97 Å². The number of carboxylic acids is 1. The van der Waals surface area contributed by atoms with Crippen molar-refractivity contribution in [3.63, 3.8) is 0 Å². The van der Waals surface area contributed by atoms with E-state index in [-0.39, 0.29) is 12.2 Å². The molecule has 0 unspecified atom stereocenters. The summed E-state index contributed by atoms with van der Waals surface area (Å²) in [6.45, 7) is 0.160. The van der Waals surface area contributed by atoms with E-state index in [1.807, 2.05) is 0 Å². The fraction of sp³-hybridized carbons (Fsp3) is 0.182. The molecule has 0 saturated heterocycles. The first-order chi connectivity index (χ1) is 8.58. The SMILES string of the molecule is Cn1cnnc1COc1cc(Br)ccc1C(=O)O. The average molecular weight is 312 g/mol. The van der Waals surface area contributed by atoms with Crippen molar-refractivity contribution in [2.75, 3.05) is 0 Å². The van der Waals surface area contributed by atoms with E-state index in [9.17, 15) is 4.79 Å². The average Bonchev–Trinajstić information content (AvgIpc) is 2.72. The first-order valence-electron chi connectivity index (χ1n) is 5.06. The van der Waals surface area contributed by atoms with Gasteiger partial charge in [0.05, 0.1) is 0 Å². The Morgan fingerprint density at radius 3 is 2.94 bits per heavy atom. The van der Waals surface area contributed by atoms with E-state index in [1.54, 1.807) is 30.1 Å². The van der Waals surface area contributed by atoms with Gasteiger partial charge in [-0.1, -0.05) is 15.9 Å². The topological polar surface area (TPSA) is 77.2 Å². The van der Waals surface area contributed by atoms with E-state index in [2.05, 4.69) is 26.1 Å². The predicted molar refractivity (Wildman–Crippen MR) is 66.4 cm³/mol. The maximum absolute atomic E-state index is 11.0. The summed E-state index contributed by atoms with van der Waals surface area (Å²) in [6.07, 6.45) is 1.55. The number of aromatic carboxylic acids is 1. The van der Waals surface area contributed by atoms with Crippen molar-refractivity contribution in [1.82, 2.24) is 14.8 Å². The summed E-state index contributed by atoms with van der Waals surface area (Å²) in [5.41, 5.74) is 0.111. The van der Waals surface area contributed by atoms with Crippen LogP contribution in [0.4, 0.5) is 0 Å². The summed E-state index contributed by atoms with van der Waals surface area (Å²) in [4.78, 5) is 11.0. The fourth-order valence-corrected chi connectivity index (χ4v) is 1.71. The van der Waals surface area contributed by atoms with Crippen molar-refractivity contribution in [2.45, 2.75) is 6.61 Å². The number of nitrogens with zero attached hydrogens (tertiary/aromatic N) is 3. The zero-order chi connectivity index (χ0) is 13.1. The smallest absolute Gasteiger partial charge is 0.339 e. The van der Waals surface area contributed by atoms with Crippen molar-refractivity contribution in [3.8, 4) is 5.75 Å². The molecule has 0 saturated carbocycles. The lowest BCUT2D eigenvalue weighted by molar-refractivity contribution is 0.0691. The molecule has 2 rings (SSSR count). The molecular formula is C11H10BrN3O3. The van der Waals surface area contributed by atoms with Gasteiger partial charge in [0.1, 0.15) is 24.2 Å². The molecule has 94 valence electrons. The Balaban J connectivity index is 2.20. The molecule has 2 aromatic rings. The number of hydrogen-bond donors (Lipinski definition) is 1. The van der Waals surface area contributed by atoms with Gasteiger partial charge < -0.3 is 14.4 Å². The van der Waals surface area contributed by atoms with E-state index >= 15 is 0 Å². The quantitative estimate of drug-likeness (QED) is 0.932. The maximum atomic E-state index is 11.0. The minimum Gasteiger partial charge on any atom is -0.485 e. The molecule has 0 aliphatic rings. The first kappa shape index (κ1) is 12.6. The molecule has 18 heavy (non-hydrogen) atoms. The third kappa shape index (κ3) is 2.67. The molecule has 0 radical (unpaired) electrons. The largest absolute Gasteiger partial charge is 0.485 e. The molecule has 0 fully saturated rings. The highest BCUT2D eigenvalue weighted by Gasteiger charge is 2.12. The molecule has 0 aliphatic heterocycles. The van der Waals surface area contributed by atoms with E-state index in [4.69, 9.17) is 9.84 Å². The minimum atomic E-state index is -1.03. The molecule has 0 spiro atoms. The number of rotatable bonds is 4. The van der Waals surface area contributed by atoms with Gasteiger partial charge in [0, 0.05) is 11.5 Å². The Kier molecular flexibility index (Phi) is 3.61. The number of carboxylic acid groups (broad SMARTS) is 1. The number of benzene rings is 1. The Morgan fingerprint density at radius 2 is 2.33 bits per heavy atom. The number of aromatic nitrogens is 3. The summed E-state index contributed by atoms with van der Waals surface area (Å²) in [5.74, 6) is -0.123. The van der Waals surface area contributed by atoms with Gasteiger partial charge in [-0.2, -0.15) is 0 Å². The number of carbonyl (C=O) groups is 1. The summed E-state index contributed by atoms with van der Waals surface area (Å²) in [7, 11) is 1.79. The van der Waals surface area contributed by atoms with Gasteiger partial charge in [-0.05, 0) is 18.2 Å². The highest BCUT2D eigenvalue weighted by molar-refractivity contribution is 9.10. The van der Waals surface area contributed by atoms with Crippen LogP contribution in [-0.2, 0) is 13.7 Å². The molecule has 0 amide bonds. The van der Waals surface area contributed by atoms with Crippen molar-refractivity contribution in [2.24, 2.45) is 7.05 Å². The van der Waals surface area contributed by atoms with E-state index < -0.39 is 5.97 Å². The van der Waals surface area contributed by atoms with Gasteiger partial charge in [-0.25, -0.2) is 4.79 Å². The van der Waals surface area contributed by atoms with E-state index in [1.165, 1.54) is 6.07 Å². The Morgan fingerprint density at radius 1 is 1.56 bits per heavy atom. The lowest BCUT2D eigenvalue weighted by Gasteiger charge is -2.09. The number of aryl methyl sites for hydroxylation is 1. The van der Waals surface area contributed by atoms with Crippen LogP contribution in [0.3, 0.4) is 0 Å². The second-order valence-corrected chi connectivity index (χ2v) is 4.51. The standard InChI is InChI=1S/C11H10BrN3O3/c1-15-6-13-14-10(15)5-18-9-4-7(12)2-3-8(9)11(16)17/h2-4,6H,5H2,1H3,(H,16,17). The van der Waals surface area contributed by atoms with Crippen LogP contribution in [0.5, 0.6) is 5.75 Å². The summed E-state index contributed by atoms with van der Waals surface area (Å²) in [6, 6.07) is 4.75. The van der Waals surface area contributed by atoms with Gasteiger partial charge in [-0.15, -0.1) is 10.2 Å². The predicted octanol–water partition coefficient (Wildman–Crippen LogP) is 1.85. The van der Waals surface area contributed by atoms with Gasteiger partial charge in [0.15, 0.2) is 5.82 Å². The Labute approximate surface area is 111 Å². The molecule has 0 aliphatic carbocycles. The van der Waals surface area contributed by atoms with Crippen molar-refractivity contribution in [3.05, 3.63) is 40.4 Å². The molecule has 0 bridgehead atoms. The molecule has 1 N–H and O–H groups in total. The Hall–Kier alpha value is -1.89. The van der Waals surface area contributed by atoms with Crippen LogP contribution in [0.1, 0.15) is 16.2 Å². The molecular weight excluding hydrogens is 302 g/mol. The highest BCUT2D eigenvalue weighted by atomic mass is 79.9. The monoisotopic (exact) mass is 311 g/mol. The van der Waals surface area contributed by atoms with Crippen LogP contribution in [0.15, 0.2) is 29.0 Å². The molecule has 1 aromatic carbocycles. The summed E-state index contributed by atoms with van der Waals surface area (Å²) in [5, 5.41) is 16.6. The van der Waals surface area contributed by atoms with Crippen LogP contribution < -0.4 is 4.74 Å². The van der Waals surface area contributed by atoms with Gasteiger partial charge in [0.25, 0.3) is 0 Å². The molecule has 0 atom stereocenters. The molecule has 1 aromatic heterocycles. The van der Waals surface area contributed by atoms with Crippen molar-refractivity contribution in [1.29, 1.82) is 0 Å². The molecule has 6 nitrogen and oxygen atoms in total. The zero-order valence-corrected chi connectivity index (χ0v) is 11.1. The summed E-state index contributed by atoms with van der Waals surface area (Å²) < 4.78 is 7.93. The zero-order valence-electron chi connectivity index (χ0n) is 9.50. The Bertz CT molecular complexity index is 583. The van der Waals surface area contributed by atoms with E-state index in [0.717, 1.165) is 4.47 Å². The maximum Gasteiger partial charge on any atom is 0.339 e. The number of hydrogen-bond acceptors (Lipinski definition) is 4. The van der Waals surface area contributed by atoms with Crippen LogP contribution in [0, 0.1) is 0 Å². The second-order valence-electron chi connectivity index (χ2n) is 3.59. The van der Waals surface area contributed by atoms with Gasteiger partial charge in [0.2, 0.25) is 0 Å². The minimum absolute atomic E-state index is 0.111. The molecule has 7 heteroatoms. The number of ether oxygens (including phenoxy) is 1. The molecule has 1 heterocycles. The van der Waals surface area contributed by atoms with Crippen LogP contribution in [0.2, 0.25) is 0 Å². The lowest BCUT2D eigenvalue weighted by Crippen LogP contribution is -2.06. The van der Waals surface area contributed by atoms with E-state index in [0.29, 0.717) is 11.6 Å². The van der Waals surface area contributed by atoms with Crippen molar-refractivity contribution >= 4 is 21.9 Å². The van der Waals surface area contributed by atoms with Crippen LogP contribution >= 0.6 is 15.9 Å². The third-order valence-electron chi connectivity index (χ3n) is 2.34. The third-order valence-corrected chi connectivity index (χ3v) is 2.83. The number of halogens is 1. The van der Waals surface area contributed by atoms with Crippen LogP contribution in [-0.4, -0.2) is 25.8 Å². The second kappa shape index (κ2) is 5.18. The fourth-order valence-electron chi connectivity index (χ4n) is 1.37. The van der Waals surface area contributed by atoms with Crippen molar-refractivity contribution < 1.29 is 14.6 Å².